The maximum atomic E-state index is 5.63. The third-order valence-corrected chi connectivity index (χ3v) is 20.3. The molecular weight excluding hydrogens is 1740 g/mol. The fourth-order valence-electron chi connectivity index (χ4n) is 15.2. The molecule has 16 nitrogen and oxygen atoms in total. The van der Waals surface area contributed by atoms with Crippen LogP contribution in [0.1, 0.15) is 97.8 Å². The van der Waals surface area contributed by atoms with Crippen molar-refractivity contribution in [2.45, 2.75) is 75.5 Å². The topological polar surface area (TPSA) is 150 Å². The molecule has 4 fully saturated rings. The number of hydrogen-bond donors (Lipinski definition) is 4. The molecule has 0 spiro atoms. The summed E-state index contributed by atoms with van der Waals surface area (Å²) in [4.78, 5) is 30.8. The molecular formula is C90H100Cl12N12O4. The van der Waals surface area contributed by atoms with Gasteiger partial charge in [0.05, 0.1) is 107 Å². The van der Waals surface area contributed by atoms with Crippen LogP contribution in [0.2, 0.25) is 0 Å². The van der Waals surface area contributed by atoms with E-state index in [-0.39, 0.29) is 56.2 Å². The van der Waals surface area contributed by atoms with Gasteiger partial charge >= 0.3 is 0 Å². The molecule has 16 rings (SSSR count). The van der Waals surface area contributed by atoms with Gasteiger partial charge < -0.3 is 59.8 Å². The van der Waals surface area contributed by atoms with Gasteiger partial charge in [-0.25, -0.2) is 19.9 Å². The van der Waals surface area contributed by atoms with Gasteiger partial charge in [-0.3, -0.25) is 0 Å². The van der Waals surface area contributed by atoms with E-state index >= 15 is 0 Å². The molecule has 0 aliphatic carbocycles. The van der Waals surface area contributed by atoms with Crippen LogP contribution in [0.25, 0.3) is 43.6 Å². The van der Waals surface area contributed by atoms with Crippen molar-refractivity contribution in [2.75, 3.05) is 154 Å². The van der Waals surface area contributed by atoms with Crippen molar-refractivity contribution in [3.8, 4) is 23.0 Å². The number of pyridine rings is 4. The summed E-state index contributed by atoms with van der Waals surface area (Å²) in [6.07, 6.45) is 9.55. The van der Waals surface area contributed by atoms with Crippen molar-refractivity contribution in [3.05, 3.63) is 241 Å². The fourth-order valence-corrected chi connectivity index (χ4v) is 15.2. The number of alkyl halides is 12. The normalized spacial score (nSPS) is 14.2. The molecule has 628 valence electrons. The summed E-state index contributed by atoms with van der Waals surface area (Å²) in [5.41, 5.74) is 13.0. The van der Waals surface area contributed by atoms with Crippen molar-refractivity contribution in [3.63, 3.8) is 0 Å². The van der Waals surface area contributed by atoms with E-state index in [1.54, 1.807) is 28.4 Å². The number of benzene rings is 8. The van der Waals surface area contributed by atoms with Gasteiger partial charge in [0.2, 0.25) is 0 Å². The lowest BCUT2D eigenvalue weighted by molar-refractivity contribution is 0.415. The summed E-state index contributed by atoms with van der Waals surface area (Å²) in [6.45, 7) is 8.32. The van der Waals surface area contributed by atoms with Gasteiger partial charge in [0, 0.05) is 145 Å². The Morgan fingerprint density at radius 2 is 0.424 bits per heavy atom. The average Bonchev–Trinajstić information content (AvgIpc) is 1.06. The van der Waals surface area contributed by atoms with E-state index in [2.05, 4.69) is 211 Å². The molecule has 118 heavy (non-hydrogen) atoms. The van der Waals surface area contributed by atoms with E-state index in [9.17, 15) is 0 Å². The first-order valence-corrected chi connectivity index (χ1v) is 45.2. The van der Waals surface area contributed by atoms with E-state index < -0.39 is 0 Å². The lowest BCUT2D eigenvalue weighted by Crippen LogP contribution is -2.27. The van der Waals surface area contributed by atoms with Gasteiger partial charge in [-0.1, -0.05) is 121 Å². The Morgan fingerprint density at radius 1 is 0.254 bits per heavy atom. The second-order valence-electron chi connectivity index (χ2n) is 27.2. The SMILES string of the molecule is COc1ccc2c(N3CCCC3)cc(N[C@H](c3ccccc3)[C@H](Nc3cc(N4CCCC4)c4ccc(OC)cc4n3)c3ccccc3)nc2c1.COc1ccc2c(N3CCCC3)cc(N[C@H](c3ccccc3)[C@H](Nc3cc(N4CCCC4)c4ccc(OC)cc4n3)c3ccccc3)nc2c1.ClCCl.ClCCl.ClCCl.ClCCl.ClCCl.ClCCl. The minimum Gasteiger partial charge on any atom is -0.497 e. The lowest BCUT2D eigenvalue weighted by Gasteiger charge is -2.32. The summed E-state index contributed by atoms with van der Waals surface area (Å²) in [6, 6.07) is 75.6. The number of halogens is 12. The Hall–Kier alpha value is -7.52. The highest BCUT2D eigenvalue weighted by Gasteiger charge is 2.31. The monoisotopic (exact) mass is 1830 g/mol. The van der Waals surface area contributed by atoms with E-state index in [1.165, 1.54) is 74.1 Å². The van der Waals surface area contributed by atoms with E-state index in [0.29, 0.717) is 0 Å². The molecule has 0 radical (unpaired) electrons. The minimum absolute atomic E-state index is 0.194. The van der Waals surface area contributed by atoms with Crippen LogP contribution in [0.15, 0.2) is 218 Å². The molecule has 4 aliphatic rings. The minimum atomic E-state index is -0.196. The molecule has 0 amide bonds. The number of rotatable bonds is 22. The molecule has 4 aromatic heterocycles. The number of hydrogen-bond acceptors (Lipinski definition) is 16. The van der Waals surface area contributed by atoms with Crippen LogP contribution in [-0.2, 0) is 0 Å². The largest absolute Gasteiger partial charge is 0.497 e. The molecule has 0 unspecified atom stereocenters. The number of ether oxygens (including phenoxy) is 4. The third kappa shape index (κ3) is 26.7. The molecule has 0 saturated carbocycles. The van der Waals surface area contributed by atoms with E-state index in [1.807, 2.05) is 48.5 Å². The molecule has 0 bridgehead atoms. The summed E-state index contributed by atoms with van der Waals surface area (Å²) in [5, 5.41) is 21.4. The Labute approximate surface area is 754 Å². The van der Waals surface area contributed by atoms with Crippen LogP contribution in [-0.4, -0.2) is 133 Å². The smallest absolute Gasteiger partial charge is 0.129 e. The summed E-state index contributed by atoms with van der Waals surface area (Å²) >= 11 is 57.2. The molecule has 8 heterocycles. The zero-order valence-corrected chi connectivity index (χ0v) is 75.5. The predicted octanol–water partition coefficient (Wildman–Crippen LogP) is 26.5. The second kappa shape index (κ2) is 51.3. The molecule has 4 N–H and O–H groups in total. The number of nitrogens with zero attached hydrogens (tertiary/aromatic N) is 8. The van der Waals surface area contributed by atoms with Gasteiger partial charge in [-0.2, -0.15) is 0 Å². The van der Waals surface area contributed by atoms with Crippen LogP contribution in [0.3, 0.4) is 0 Å². The van der Waals surface area contributed by atoms with Gasteiger partial charge in [0.25, 0.3) is 0 Å². The fraction of sp³-hybridized carbons (Fsp3) is 0.333. The standard InChI is InChI=1S/2C42H44N6O2.6CH2Cl2/c2*1-49-31-17-19-33-35(25-31)43-39(27-37(33)47-21-9-10-22-47)45-41(29-13-5-3-6-14-29)42(30-15-7-4-8-16-30)46-40-28-38(48-23-11-12-24-48)34-20-18-32(50-2)26-36(34)44-40;6*2-1-3/h2*3-8,13-20,25-28,41-42H,9-12,21-24H2,1-2H3,(H,43,45)(H,44,46);6*1H2/t2*41-,42-;;;;;;/m11....../s1. The zero-order chi connectivity index (χ0) is 84.0. The van der Waals surface area contributed by atoms with Crippen LogP contribution in [0.5, 0.6) is 23.0 Å². The van der Waals surface area contributed by atoms with Crippen LogP contribution < -0.4 is 59.8 Å². The van der Waals surface area contributed by atoms with Crippen LogP contribution in [0, 0.1) is 0 Å². The Morgan fingerprint density at radius 3 is 0.585 bits per heavy atom. The molecule has 12 aromatic rings. The average molecular weight is 1840 g/mol. The quantitative estimate of drug-likeness (QED) is 0.0476. The second-order valence-corrected chi connectivity index (χ2v) is 32.0. The predicted molar refractivity (Wildman–Crippen MR) is 510 cm³/mol. The first kappa shape index (κ1) is 94.3. The van der Waals surface area contributed by atoms with Crippen LogP contribution in [0.4, 0.5) is 46.0 Å². The maximum absolute atomic E-state index is 5.63. The maximum Gasteiger partial charge on any atom is 0.129 e. The summed E-state index contributed by atoms with van der Waals surface area (Å²) < 4.78 is 22.5. The van der Waals surface area contributed by atoms with Crippen LogP contribution >= 0.6 is 139 Å². The number of methoxy groups -OCH3 is 4. The Kier molecular flexibility index (Phi) is 41.0. The third-order valence-electron chi connectivity index (χ3n) is 20.3. The van der Waals surface area contributed by atoms with Gasteiger partial charge in [0.15, 0.2) is 0 Å². The van der Waals surface area contributed by atoms with Crippen molar-refractivity contribution in [1.29, 1.82) is 0 Å². The van der Waals surface area contributed by atoms with Gasteiger partial charge in [-0.05, 0) is 122 Å². The molecule has 28 heteroatoms. The van der Waals surface area contributed by atoms with Crippen molar-refractivity contribution >= 4 is 229 Å². The van der Waals surface area contributed by atoms with Crippen molar-refractivity contribution < 1.29 is 18.9 Å². The Bertz CT molecular complexity index is 4310. The molecule has 8 aromatic carbocycles. The van der Waals surface area contributed by atoms with Crippen molar-refractivity contribution in [1.82, 2.24) is 19.9 Å². The molecule has 4 atom stereocenters. The number of fused-ring (bicyclic) bond motifs is 4. The molecule has 4 saturated heterocycles. The summed E-state index contributed by atoms with van der Waals surface area (Å²) in [5.74, 6) is 6.46. The number of anilines is 8. The highest BCUT2D eigenvalue weighted by atomic mass is 35.5. The van der Waals surface area contributed by atoms with E-state index in [4.69, 9.17) is 178 Å². The first-order valence-electron chi connectivity index (χ1n) is 38.8. The highest BCUT2D eigenvalue weighted by molar-refractivity contribution is 6.42. The highest BCUT2D eigenvalue weighted by Crippen LogP contribution is 2.44. The van der Waals surface area contributed by atoms with Gasteiger partial charge in [0.1, 0.15) is 46.3 Å². The zero-order valence-electron chi connectivity index (χ0n) is 66.4. The summed E-state index contributed by atoms with van der Waals surface area (Å²) in [7, 11) is 6.83. The number of aromatic nitrogens is 4. The van der Waals surface area contributed by atoms with E-state index in [0.717, 1.165) is 164 Å². The molecule has 4 aliphatic heterocycles. The van der Waals surface area contributed by atoms with Crippen molar-refractivity contribution in [2.24, 2.45) is 0 Å². The van der Waals surface area contributed by atoms with Gasteiger partial charge in [-0.15, -0.1) is 139 Å². The Balaban J connectivity index is 0.000000224. The lowest BCUT2D eigenvalue weighted by atomic mass is 9.93. The first-order chi connectivity index (χ1) is 57.8. The number of nitrogens with one attached hydrogen (secondary N) is 4.